The number of hydrogen-bond acceptors (Lipinski definition) is 3. The van der Waals surface area contributed by atoms with Crippen LogP contribution < -0.4 is 5.32 Å². The number of aryl methyl sites for hydroxylation is 1. The third-order valence-corrected chi connectivity index (χ3v) is 5.18. The van der Waals surface area contributed by atoms with Gasteiger partial charge in [-0.15, -0.1) is 0 Å². The van der Waals surface area contributed by atoms with Crippen LogP contribution in [0.5, 0.6) is 0 Å². The van der Waals surface area contributed by atoms with E-state index in [1.54, 1.807) is 18.7 Å². The first kappa shape index (κ1) is 29.5. The van der Waals surface area contributed by atoms with Gasteiger partial charge in [0.05, 0.1) is 5.03 Å². The van der Waals surface area contributed by atoms with Gasteiger partial charge in [0.1, 0.15) is 0 Å². The van der Waals surface area contributed by atoms with Crippen LogP contribution in [-0.2, 0) is 6.54 Å². The van der Waals surface area contributed by atoms with Crippen molar-refractivity contribution < 1.29 is 4.79 Å². The molecule has 174 valence electrons. The highest BCUT2D eigenvalue weighted by Crippen LogP contribution is 2.23. The first-order valence-corrected chi connectivity index (χ1v) is 12.0. The zero-order valence-electron chi connectivity index (χ0n) is 21.2. The summed E-state index contributed by atoms with van der Waals surface area (Å²) in [4.78, 5) is 12.3. The molecule has 0 aromatic heterocycles. The quantitative estimate of drug-likeness (QED) is 0.407. The molecule has 0 atom stereocenters. The van der Waals surface area contributed by atoms with E-state index in [2.05, 4.69) is 75.7 Å². The highest BCUT2D eigenvalue weighted by atomic mass is 32.2. The molecule has 3 heteroatoms. The van der Waals surface area contributed by atoms with Crippen LogP contribution in [0.3, 0.4) is 0 Å². The molecule has 0 fully saturated rings. The Hall–Kier alpha value is -2.52. The molecule has 2 aromatic carbocycles. The molecule has 0 aliphatic heterocycles. The summed E-state index contributed by atoms with van der Waals surface area (Å²) in [6, 6.07) is 16.3. The summed E-state index contributed by atoms with van der Waals surface area (Å²) < 4.78 is 0. The Balaban J connectivity index is 0.000000557. The van der Waals surface area contributed by atoms with Gasteiger partial charge >= 0.3 is 0 Å². The number of hydrogen-bond donors (Lipinski definition) is 1. The number of rotatable bonds is 8. The van der Waals surface area contributed by atoms with Gasteiger partial charge in [-0.25, -0.2) is 0 Å². The van der Waals surface area contributed by atoms with E-state index in [4.69, 9.17) is 0 Å². The number of carbonyl (C=O) groups excluding carboxylic acids is 1. The largest absolute Gasteiger partial charge is 0.376 e. The number of nitrogens with one attached hydrogen (secondary N) is 1. The highest BCUT2D eigenvalue weighted by Gasteiger charge is 2.07. The van der Waals surface area contributed by atoms with E-state index in [0.717, 1.165) is 27.6 Å². The average molecular weight is 452 g/mol. The summed E-state index contributed by atoms with van der Waals surface area (Å²) >= 11 is 1.58. The van der Waals surface area contributed by atoms with Gasteiger partial charge in [0.2, 0.25) is 0 Å². The normalized spacial score (nSPS) is 10.3. The zero-order chi connectivity index (χ0) is 24.7. The standard InChI is InChI=1S/C14H18O.C13H17NS.C2H6/c1-5-14(10(2)3)13-8-6-7-12(9-13)11(4)15;1-10(2)15-12(4)14-9-13-7-5-11(3)6-8-13;1-2/h5-10H,1-4H3;5-8,14H,1,4,9H2,2-3H3;1-2H3/b14-5+;;. The van der Waals surface area contributed by atoms with Gasteiger partial charge < -0.3 is 5.32 Å². The van der Waals surface area contributed by atoms with Crippen molar-refractivity contribution in [3.8, 4) is 0 Å². The fourth-order valence-electron chi connectivity index (χ4n) is 2.90. The molecule has 0 saturated heterocycles. The Labute approximate surface area is 200 Å². The zero-order valence-corrected chi connectivity index (χ0v) is 22.0. The molecule has 2 nitrogen and oxygen atoms in total. The lowest BCUT2D eigenvalue weighted by molar-refractivity contribution is 0.101. The van der Waals surface area contributed by atoms with E-state index in [9.17, 15) is 4.79 Å². The predicted molar refractivity (Wildman–Crippen MR) is 146 cm³/mol. The average Bonchev–Trinajstić information content (AvgIpc) is 2.75. The minimum absolute atomic E-state index is 0.121. The first-order valence-electron chi connectivity index (χ1n) is 11.2. The van der Waals surface area contributed by atoms with Gasteiger partial charge in [-0.3, -0.25) is 4.79 Å². The minimum Gasteiger partial charge on any atom is -0.376 e. The number of ketones is 1. The summed E-state index contributed by atoms with van der Waals surface area (Å²) in [5, 5.41) is 4.20. The monoisotopic (exact) mass is 451 g/mol. The second-order valence-corrected chi connectivity index (χ2v) is 9.00. The molecule has 0 aliphatic carbocycles. The van der Waals surface area contributed by atoms with Gasteiger partial charge in [0.15, 0.2) is 5.78 Å². The molecule has 0 saturated carbocycles. The van der Waals surface area contributed by atoms with Gasteiger partial charge in [0.25, 0.3) is 0 Å². The van der Waals surface area contributed by atoms with Crippen molar-refractivity contribution in [1.29, 1.82) is 0 Å². The maximum atomic E-state index is 11.3. The van der Waals surface area contributed by atoms with Crippen molar-refractivity contribution in [2.45, 2.75) is 61.9 Å². The molecule has 0 radical (unpaired) electrons. The van der Waals surface area contributed by atoms with Crippen molar-refractivity contribution in [3.63, 3.8) is 0 Å². The molecular weight excluding hydrogens is 410 g/mol. The molecule has 2 rings (SSSR count). The molecule has 0 heterocycles. The summed E-state index contributed by atoms with van der Waals surface area (Å²) in [6.45, 7) is 24.6. The number of benzene rings is 2. The molecular formula is C29H41NOS. The molecule has 2 aromatic rings. The Morgan fingerprint density at radius 1 is 1.03 bits per heavy atom. The van der Waals surface area contributed by atoms with E-state index in [0.29, 0.717) is 5.92 Å². The number of allylic oxidation sites excluding steroid dienone is 3. The van der Waals surface area contributed by atoms with Crippen molar-refractivity contribution in [1.82, 2.24) is 5.32 Å². The molecule has 32 heavy (non-hydrogen) atoms. The lowest BCUT2D eigenvalue weighted by atomic mass is 9.93. The van der Waals surface area contributed by atoms with E-state index < -0.39 is 0 Å². The second-order valence-electron chi connectivity index (χ2n) is 7.60. The summed E-state index contributed by atoms with van der Waals surface area (Å²) in [5.41, 5.74) is 5.78. The van der Waals surface area contributed by atoms with E-state index in [1.807, 2.05) is 45.9 Å². The topological polar surface area (TPSA) is 29.1 Å². The third-order valence-electron chi connectivity index (χ3n) is 4.44. The van der Waals surface area contributed by atoms with Crippen LogP contribution in [0.4, 0.5) is 0 Å². The predicted octanol–water partition coefficient (Wildman–Crippen LogP) is 8.80. The van der Waals surface area contributed by atoms with Crippen molar-refractivity contribution >= 4 is 23.1 Å². The molecule has 1 N–H and O–H groups in total. The van der Waals surface area contributed by atoms with Crippen LogP contribution in [0.25, 0.3) is 5.57 Å². The highest BCUT2D eigenvalue weighted by molar-refractivity contribution is 8.06. The van der Waals surface area contributed by atoms with Crippen LogP contribution in [0.2, 0.25) is 0 Å². The minimum atomic E-state index is 0.121. The third kappa shape index (κ3) is 11.8. The van der Waals surface area contributed by atoms with Crippen molar-refractivity contribution in [3.05, 3.63) is 100.0 Å². The Kier molecular flexibility index (Phi) is 14.9. The number of carbonyl (C=O) groups is 1. The first-order chi connectivity index (χ1) is 15.1. The van der Waals surface area contributed by atoms with Crippen molar-refractivity contribution in [2.75, 3.05) is 0 Å². The molecule has 0 spiro atoms. The Morgan fingerprint density at radius 3 is 2.06 bits per heavy atom. The maximum Gasteiger partial charge on any atom is 0.159 e. The van der Waals surface area contributed by atoms with Crippen molar-refractivity contribution in [2.24, 2.45) is 5.92 Å². The van der Waals surface area contributed by atoms with Crippen LogP contribution in [0, 0.1) is 12.8 Å². The van der Waals surface area contributed by atoms with Gasteiger partial charge in [-0.1, -0.05) is 107 Å². The van der Waals surface area contributed by atoms with Crippen LogP contribution in [-0.4, -0.2) is 5.78 Å². The molecule has 0 aliphatic rings. The van der Waals surface area contributed by atoms with E-state index >= 15 is 0 Å². The summed E-state index contributed by atoms with van der Waals surface area (Å²) in [7, 11) is 0. The SMILES string of the molecule is C/C=C(/c1cccc(C(C)=O)c1)C(C)C.C=C(C)SC(=C)NCc1ccc(C)cc1.CC. The number of thioether (sulfide) groups is 1. The Bertz CT molecular complexity index is 892. The van der Waals surface area contributed by atoms with Gasteiger partial charge in [-0.2, -0.15) is 0 Å². The molecule has 0 amide bonds. The van der Waals surface area contributed by atoms with Crippen LogP contribution >= 0.6 is 11.8 Å². The lowest BCUT2D eigenvalue weighted by Gasteiger charge is -2.11. The Morgan fingerprint density at radius 2 is 1.59 bits per heavy atom. The van der Waals surface area contributed by atoms with Gasteiger partial charge in [-0.05, 0) is 61.3 Å². The van der Waals surface area contributed by atoms with Crippen LogP contribution in [0.1, 0.15) is 75.5 Å². The summed E-state index contributed by atoms with van der Waals surface area (Å²) in [6.07, 6.45) is 2.11. The van der Waals surface area contributed by atoms with E-state index in [-0.39, 0.29) is 5.78 Å². The summed E-state index contributed by atoms with van der Waals surface area (Å²) in [5.74, 6) is 0.605. The maximum absolute atomic E-state index is 11.3. The lowest BCUT2D eigenvalue weighted by Crippen LogP contribution is -2.09. The number of Topliss-reactive ketones (excluding diaryl/α,β-unsaturated/α-hetero) is 1. The fourth-order valence-corrected chi connectivity index (χ4v) is 3.47. The second kappa shape index (κ2) is 16.2. The molecule has 0 unspecified atom stereocenters. The fraction of sp³-hybridized carbons (Fsp3) is 0.345. The van der Waals surface area contributed by atoms with Crippen LogP contribution in [0.15, 0.2) is 77.7 Å². The van der Waals surface area contributed by atoms with Gasteiger partial charge in [0, 0.05) is 12.1 Å². The van der Waals surface area contributed by atoms with E-state index in [1.165, 1.54) is 16.7 Å². The smallest absolute Gasteiger partial charge is 0.159 e. The molecule has 0 bridgehead atoms.